The highest BCUT2D eigenvalue weighted by Crippen LogP contribution is 2.40. The van der Waals surface area contributed by atoms with E-state index in [1.165, 1.54) is 23.7 Å². The lowest BCUT2D eigenvalue weighted by atomic mass is 9.84. The maximum atomic E-state index is 14.6. The van der Waals surface area contributed by atoms with Crippen LogP contribution in [0, 0.1) is 24.6 Å². The van der Waals surface area contributed by atoms with Gasteiger partial charge < -0.3 is 19.1 Å². The quantitative estimate of drug-likeness (QED) is 0.516. The molecule has 2 aliphatic heterocycles. The van der Waals surface area contributed by atoms with Gasteiger partial charge in [0.15, 0.2) is 0 Å². The van der Waals surface area contributed by atoms with Crippen LogP contribution in [-0.2, 0) is 9.47 Å². The highest BCUT2D eigenvalue weighted by Gasteiger charge is 2.44. The predicted octanol–water partition coefficient (Wildman–Crippen LogP) is 5.07. The molecule has 5 rings (SSSR count). The summed E-state index contributed by atoms with van der Waals surface area (Å²) in [5, 5.41) is 1.90. The number of piperidine rings is 1. The Hall–Kier alpha value is -2.78. The van der Waals surface area contributed by atoms with Crippen molar-refractivity contribution in [3.8, 4) is 17.0 Å². The lowest BCUT2D eigenvalue weighted by Gasteiger charge is -2.46. The lowest BCUT2D eigenvalue weighted by Crippen LogP contribution is -2.59. The molecule has 2 atom stereocenters. The number of thiophene rings is 1. The number of likely N-dealkylation sites (tertiary alicyclic amines) is 1. The van der Waals surface area contributed by atoms with Crippen molar-refractivity contribution in [1.29, 1.82) is 0 Å². The smallest absolute Gasteiger partial charge is 0.410 e. The first-order chi connectivity index (χ1) is 16.2. The molecule has 2 bridgehead atoms. The van der Waals surface area contributed by atoms with Gasteiger partial charge >= 0.3 is 6.09 Å². The Labute approximate surface area is 201 Å². The molecule has 2 fully saturated rings. The zero-order valence-electron chi connectivity index (χ0n) is 19.7. The zero-order valence-corrected chi connectivity index (χ0v) is 20.5. The maximum absolute atomic E-state index is 14.6. The molecule has 3 aromatic rings. The van der Waals surface area contributed by atoms with Gasteiger partial charge in [-0.3, -0.25) is 0 Å². The molecule has 180 valence electrons. The molecule has 0 radical (unpaired) electrons. The maximum Gasteiger partial charge on any atom is 0.410 e. The Kier molecular flexibility index (Phi) is 5.93. The number of carbonyl (C=O) groups is 1. The molecule has 7 nitrogen and oxygen atoms in total. The van der Waals surface area contributed by atoms with Crippen LogP contribution in [0.25, 0.3) is 21.3 Å². The Bertz CT molecular complexity index is 1210. The van der Waals surface area contributed by atoms with Crippen molar-refractivity contribution < 1.29 is 23.4 Å². The SMILES string of the molecule is Cc1ccc(-c2csc3c(OC4C5COCC4CN(C(=O)OC(C)(C)C)C5)ncnc23)c(F)c1. The van der Waals surface area contributed by atoms with E-state index in [0.29, 0.717) is 43.3 Å². The standard InChI is InChI=1S/C25H28FN3O4S/c1-14-5-6-17(19(26)7-14)18-12-34-22-20(18)27-13-28-23(22)32-21-15-8-29(9-16(21)11-31-10-15)24(30)33-25(2,3)4/h5-7,12-13,15-16,21H,8-11H2,1-4H3. The van der Waals surface area contributed by atoms with Crippen LogP contribution in [-0.4, -0.2) is 59.0 Å². The van der Waals surface area contributed by atoms with E-state index in [-0.39, 0.29) is 29.9 Å². The third-order valence-corrected chi connectivity index (χ3v) is 7.10. The molecule has 1 aromatic carbocycles. The van der Waals surface area contributed by atoms with Crippen molar-refractivity contribution in [3.05, 3.63) is 41.3 Å². The first-order valence-corrected chi connectivity index (χ1v) is 12.3. The minimum atomic E-state index is -0.545. The van der Waals surface area contributed by atoms with Crippen LogP contribution in [0.5, 0.6) is 5.88 Å². The summed E-state index contributed by atoms with van der Waals surface area (Å²) < 4.78 is 33.2. The first-order valence-electron chi connectivity index (χ1n) is 11.4. The molecule has 2 saturated heterocycles. The molecule has 4 heterocycles. The van der Waals surface area contributed by atoms with Gasteiger partial charge in [-0.25, -0.2) is 19.2 Å². The van der Waals surface area contributed by atoms with Crippen LogP contribution in [0.1, 0.15) is 26.3 Å². The predicted molar refractivity (Wildman–Crippen MR) is 128 cm³/mol. The van der Waals surface area contributed by atoms with Gasteiger partial charge in [0.2, 0.25) is 5.88 Å². The fraction of sp³-hybridized carbons (Fsp3) is 0.480. The van der Waals surface area contributed by atoms with Crippen molar-refractivity contribution in [3.63, 3.8) is 0 Å². The average Bonchev–Trinajstić information content (AvgIpc) is 3.17. The van der Waals surface area contributed by atoms with Crippen LogP contribution < -0.4 is 4.74 Å². The second-order valence-electron chi connectivity index (χ2n) is 10.0. The first kappa shape index (κ1) is 23.0. The van der Waals surface area contributed by atoms with Crippen molar-refractivity contribution in [1.82, 2.24) is 14.9 Å². The molecule has 34 heavy (non-hydrogen) atoms. The number of benzene rings is 1. The Balaban J connectivity index is 1.39. The summed E-state index contributed by atoms with van der Waals surface area (Å²) >= 11 is 1.44. The average molecular weight is 486 g/mol. The molecule has 1 amide bonds. The third-order valence-electron chi connectivity index (χ3n) is 6.14. The minimum absolute atomic E-state index is 0.000917. The molecule has 2 aliphatic rings. The Morgan fingerprint density at radius 1 is 1.18 bits per heavy atom. The number of aryl methyl sites for hydroxylation is 1. The molecule has 0 N–H and O–H groups in total. The minimum Gasteiger partial charge on any atom is -0.472 e. The number of nitrogens with zero attached hydrogens (tertiary/aromatic N) is 3. The van der Waals surface area contributed by atoms with E-state index >= 15 is 0 Å². The highest BCUT2D eigenvalue weighted by atomic mass is 32.1. The van der Waals surface area contributed by atoms with E-state index in [2.05, 4.69) is 9.97 Å². The van der Waals surface area contributed by atoms with Gasteiger partial charge in [-0.05, 0) is 39.3 Å². The topological polar surface area (TPSA) is 73.8 Å². The van der Waals surface area contributed by atoms with E-state index in [9.17, 15) is 9.18 Å². The third kappa shape index (κ3) is 4.46. The molecular weight excluding hydrogens is 457 g/mol. The molecule has 2 unspecified atom stereocenters. The number of hydrogen-bond acceptors (Lipinski definition) is 7. The van der Waals surface area contributed by atoms with E-state index in [4.69, 9.17) is 14.2 Å². The van der Waals surface area contributed by atoms with Gasteiger partial charge in [0.1, 0.15) is 28.5 Å². The fourth-order valence-electron chi connectivity index (χ4n) is 4.64. The zero-order chi connectivity index (χ0) is 24.0. The second kappa shape index (κ2) is 8.78. The van der Waals surface area contributed by atoms with Crippen LogP contribution in [0.4, 0.5) is 9.18 Å². The number of aromatic nitrogens is 2. The number of carbonyl (C=O) groups excluding carboxylic acids is 1. The second-order valence-corrected chi connectivity index (χ2v) is 10.9. The van der Waals surface area contributed by atoms with Crippen LogP contribution >= 0.6 is 11.3 Å². The number of rotatable bonds is 3. The van der Waals surface area contributed by atoms with Crippen molar-refractivity contribution >= 4 is 27.6 Å². The molecule has 2 aromatic heterocycles. The lowest BCUT2D eigenvalue weighted by molar-refractivity contribution is -0.112. The van der Waals surface area contributed by atoms with Crippen LogP contribution in [0.15, 0.2) is 29.9 Å². The van der Waals surface area contributed by atoms with E-state index in [1.54, 1.807) is 11.0 Å². The number of halogens is 1. The summed E-state index contributed by atoms with van der Waals surface area (Å²) in [6.45, 7) is 9.44. The number of ether oxygens (including phenoxy) is 3. The summed E-state index contributed by atoms with van der Waals surface area (Å²) in [7, 11) is 0. The number of fused-ring (bicyclic) bond motifs is 3. The fourth-order valence-corrected chi connectivity index (χ4v) is 5.59. The van der Waals surface area contributed by atoms with Crippen molar-refractivity contribution in [2.45, 2.75) is 39.4 Å². The van der Waals surface area contributed by atoms with Crippen LogP contribution in [0.2, 0.25) is 0 Å². The van der Waals surface area contributed by atoms with E-state index in [1.807, 2.05) is 39.1 Å². The molecule has 0 spiro atoms. The molecular formula is C25H28FN3O4S. The van der Waals surface area contributed by atoms with Crippen molar-refractivity contribution in [2.24, 2.45) is 11.8 Å². The summed E-state index contributed by atoms with van der Waals surface area (Å²) in [4.78, 5) is 23.2. The molecule has 9 heteroatoms. The largest absolute Gasteiger partial charge is 0.472 e. The Morgan fingerprint density at radius 3 is 2.59 bits per heavy atom. The normalized spacial score (nSPS) is 22.6. The molecule has 0 saturated carbocycles. The van der Waals surface area contributed by atoms with E-state index in [0.717, 1.165) is 15.8 Å². The highest BCUT2D eigenvalue weighted by molar-refractivity contribution is 7.18. The van der Waals surface area contributed by atoms with Gasteiger partial charge in [-0.15, -0.1) is 11.3 Å². The van der Waals surface area contributed by atoms with Gasteiger partial charge in [-0.1, -0.05) is 12.1 Å². The van der Waals surface area contributed by atoms with Gasteiger partial charge in [0, 0.05) is 41.4 Å². The van der Waals surface area contributed by atoms with E-state index < -0.39 is 5.60 Å². The van der Waals surface area contributed by atoms with Crippen molar-refractivity contribution in [2.75, 3.05) is 26.3 Å². The molecule has 0 aliphatic carbocycles. The van der Waals surface area contributed by atoms with Gasteiger partial charge in [0.25, 0.3) is 0 Å². The Morgan fingerprint density at radius 2 is 1.91 bits per heavy atom. The van der Waals surface area contributed by atoms with Gasteiger partial charge in [0.05, 0.1) is 18.7 Å². The summed E-state index contributed by atoms with van der Waals surface area (Å²) in [6, 6.07) is 5.19. The number of hydrogen-bond donors (Lipinski definition) is 0. The van der Waals surface area contributed by atoms with Gasteiger partial charge in [-0.2, -0.15) is 0 Å². The summed E-state index contributed by atoms with van der Waals surface area (Å²) in [5.41, 5.74) is 2.23. The summed E-state index contributed by atoms with van der Waals surface area (Å²) in [6.07, 6.45) is 1.00. The number of amides is 1. The van der Waals surface area contributed by atoms with Crippen LogP contribution in [0.3, 0.4) is 0 Å². The monoisotopic (exact) mass is 485 g/mol. The summed E-state index contributed by atoms with van der Waals surface area (Å²) in [5.74, 6) is 0.210.